The number of nitrogens with zero attached hydrogens (tertiary/aromatic N) is 2. The van der Waals surface area contributed by atoms with Gasteiger partial charge in [-0.2, -0.15) is 0 Å². The number of likely N-dealkylation sites (tertiary alicyclic amines) is 1. The SMILES string of the molecule is O=C(Oc1cccc2cccnc12)[C@H]1CC(=O)N(Cc2ccccc2)C1. The van der Waals surface area contributed by atoms with E-state index in [0.29, 0.717) is 24.4 Å². The summed E-state index contributed by atoms with van der Waals surface area (Å²) in [5.74, 6) is -0.425. The van der Waals surface area contributed by atoms with Crippen molar-refractivity contribution in [1.29, 1.82) is 0 Å². The number of hydrogen-bond acceptors (Lipinski definition) is 4. The minimum atomic E-state index is -0.454. The van der Waals surface area contributed by atoms with Crippen LogP contribution in [0, 0.1) is 5.92 Å². The average Bonchev–Trinajstić information content (AvgIpc) is 3.03. The first kappa shape index (κ1) is 16.3. The predicted octanol–water partition coefficient (Wildman–Crippen LogP) is 3.19. The van der Waals surface area contributed by atoms with Crippen molar-refractivity contribution in [2.45, 2.75) is 13.0 Å². The Hall–Kier alpha value is -3.21. The van der Waals surface area contributed by atoms with E-state index >= 15 is 0 Å². The van der Waals surface area contributed by atoms with E-state index in [1.807, 2.05) is 54.6 Å². The van der Waals surface area contributed by atoms with Crippen LogP contribution in [0.5, 0.6) is 5.75 Å². The first-order valence-electron chi connectivity index (χ1n) is 8.58. The van der Waals surface area contributed by atoms with E-state index in [4.69, 9.17) is 4.74 Å². The van der Waals surface area contributed by atoms with Crippen LogP contribution in [-0.4, -0.2) is 28.3 Å². The zero-order valence-corrected chi connectivity index (χ0v) is 14.2. The van der Waals surface area contributed by atoms with Gasteiger partial charge in [-0.05, 0) is 17.7 Å². The van der Waals surface area contributed by atoms with Crippen LogP contribution in [0.4, 0.5) is 0 Å². The molecule has 1 aliphatic rings. The van der Waals surface area contributed by atoms with Crippen LogP contribution >= 0.6 is 0 Å². The Balaban J connectivity index is 1.46. The number of ether oxygens (including phenoxy) is 1. The van der Waals surface area contributed by atoms with Crippen LogP contribution in [0.3, 0.4) is 0 Å². The van der Waals surface area contributed by atoms with Gasteiger partial charge in [-0.1, -0.05) is 48.5 Å². The number of pyridine rings is 1. The minimum Gasteiger partial charge on any atom is -0.424 e. The summed E-state index contributed by atoms with van der Waals surface area (Å²) in [5, 5.41) is 0.908. The Kier molecular flexibility index (Phi) is 4.35. The number of benzene rings is 2. The van der Waals surface area contributed by atoms with Crippen LogP contribution in [0.2, 0.25) is 0 Å². The standard InChI is InChI=1S/C21H18N2O3/c24-19-12-17(14-23(19)13-15-6-2-1-3-7-15)21(25)26-18-10-4-8-16-9-5-11-22-20(16)18/h1-11,17H,12-14H2/t17-/m0/s1. The highest BCUT2D eigenvalue weighted by molar-refractivity contribution is 5.90. The fourth-order valence-electron chi connectivity index (χ4n) is 3.24. The van der Waals surface area contributed by atoms with Crippen molar-refractivity contribution >= 4 is 22.8 Å². The molecule has 0 bridgehead atoms. The van der Waals surface area contributed by atoms with Gasteiger partial charge in [0.15, 0.2) is 5.75 Å². The maximum absolute atomic E-state index is 12.6. The van der Waals surface area contributed by atoms with Crippen molar-refractivity contribution in [1.82, 2.24) is 9.88 Å². The molecule has 5 heteroatoms. The fraction of sp³-hybridized carbons (Fsp3) is 0.190. The number of aromatic nitrogens is 1. The second-order valence-corrected chi connectivity index (χ2v) is 6.41. The van der Waals surface area contributed by atoms with Gasteiger partial charge in [-0.25, -0.2) is 0 Å². The Morgan fingerprint density at radius 1 is 1.08 bits per heavy atom. The molecule has 4 rings (SSSR count). The Bertz CT molecular complexity index is 950. The zero-order valence-electron chi connectivity index (χ0n) is 14.2. The predicted molar refractivity (Wildman–Crippen MR) is 97.3 cm³/mol. The van der Waals surface area contributed by atoms with Crippen molar-refractivity contribution in [2.75, 3.05) is 6.54 Å². The number of hydrogen-bond donors (Lipinski definition) is 0. The molecule has 0 saturated carbocycles. The largest absolute Gasteiger partial charge is 0.424 e. The lowest BCUT2D eigenvalue weighted by Gasteiger charge is -2.16. The lowest BCUT2D eigenvalue weighted by Crippen LogP contribution is -2.27. The molecule has 1 fully saturated rings. The van der Waals surface area contributed by atoms with Crippen LogP contribution in [-0.2, 0) is 16.1 Å². The average molecular weight is 346 g/mol. The Morgan fingerprint density at radius 2 is 1.88 bits per heavy atom. The highest BCUT2D eigenvalue weighted by Crippen LogP contribution is 2.26. The van der Waals surface area contributed by atoms with E-state index in [9.17, 15) is 9.59 Å². The monoisotopic (exact) mass is 346 g/mol. The third kappa shape index (κ3) is 3.28. The van der Waals surface area contributed by atoms with Gasteiger partial charge in [0.1, 0.15) is 5.52 Å². The van der Waals surface area contributed by atoms with Crippen molar-refractivity contribution in [3.8, 4) is 5.75 Å². The lowest BCUT2D eigenvalue weighted by molar-refractivity contribution is -0.139. The summed E-state index contributed by atoms with van der Waals surface area (Å²) in [5.41, 5.74) is 1.70. The summed E-state index contributed by atoms with van der Waals surface area (Å²) in [7, 11) is 0. The van der Waals surface area contributed by atoms with Gasteiger partial charge >= 0.3 is 5.97 Å². The third-order valence-electron chi connectivity index (χ3n) is 4.57. The molecule has 1 aliphatic heterocycles. The van der Waals surface area contributed by atoms with Gasteiger partial charge in [0.2, 0.25) is 5.91 Å². The molecule has 0 radical (unpaired) electrons. The van der Waals surface area contributed by atoms with Crippen molar-refractivity contribution in [3.05, 3.63) is 72.4 Å². The van der Waals surface area contributed by atoms with Gasteiger partial charge in [0.05, 0.1) is 5.92 Å². The summed E-state index contributed by atoms with van der Waals surface area (Å²) in [6, 6.07) is 19.0. The quantitative estimate of drug-likeness (QED) is 0.538. The fourth-order valence-corrected chi connectivity index (χ4v) is 3.24. The van der Waals surface area contributed by atoms with E-state index in [-0.39, 0.29) is 18.3 Å². The number of amides is 1. The van der Waals surface area contributed by atoms with E-state index in [0.717, 1.165) is 10.9 Å². The summed E-state index contributed by atoms with van der Waals surface area (Å²) in [4.78, 5) is 30.8. The number of fused-ring (bicyclic) bond motifs is 1. The van der Waals surface area contributed by atoms with Crippen LogP contribution < -0.4 is 4.74 Å². The van der Waals surface area contributed by atoms with E-state index < -0.39 is 5.92 Å². The van der Waals surface area contributed by atoms with Gasteiger partial charge < -0.3 is 9.64 Å². The van der Waals surface area contributed by atoms with Crippen molar-refractivity contribution in [3.63, 3.8) is 0 Å². The van der Waals surface area contributed by atoms with Gasteiger partial charge in [0.25, 0.3) is 0 Å². The molecule has 0 unspecified atom stereocenters. The lowest BCUT2D eigenvalue weighted by atomic mass is 10.1. The molecule has 2 aromatic carbocycles. The second-order valence-electron chi connectivity index (χ2n) is 6.41. The topological polar surface area (TPSA) is 59.5 Å². The molecule has 130 valence electrons. The molecule has 1 atom stereocenters. The summed E-state index contributed by atoms with van der Waals surface area (Å²) >= 11 is 0. The molecular formula is C21H18N2O3. The smallest absolute Gasteiger partial charge is 0.316 e. The number of rotatable bonds is 4. The number of para-hydroxylation sites is 1. The first-order valence-corrected chi connectivity index (χ1v) is 8.58. The Morgan fingerprint density at radius 3 is 2.73 bits per heavy atom. The van der Waals surface area contributed by atoms with Gasteiger partial charge in [-0.15, -0.1) is 0 Å². The Labute approximate surface area is 151 Å². The first-order chi connectivity index (χ1) is 12.7. The van der Waals surface area contributed by atoms with Gasteiger partial charge in [0, 0.05) is 31.1 Å². The molecule has 26 heavy (non-hydrogen) atoms. The molecule has 5 nitrogen and oxygen atoms in total. The van der Waals surface area contributed by atoms with E-state index in [1.165, 1.54) is 0 Å². The normalized spacial score (nSPS) is 16.8. The van der Waals surface area contributed by atoms with E-state index in [2.05, 4.69) is 4.98 Å². The molecule has 1 aromatic heterocycles. The maximum Gasteiger partial charge on any atom is 0.316 e. The molecule has 0 N–H and O–H groups in total. The summed E-state index contributed by atoms with van der Waals surface area (Å²) < 4.78 is 5.58. The molecule has 0 spiro atoms. The van der Waals surface area contributed by atoms with E-state index in [1.54, 1.807) is 17.2 Å². The second kappa shape index (κ2) is 6.96. The summed E-state index contributed by atoms with van der Waals surface area (Å²) in [6.45, 7) is 0.893. The number of esters is 1. The molecule has 1 saturated heterocycles. The number of carbonyl (C=O) groups is 2. The maximum atomic E-state index is 12.6. The van der Waals surface area contributed by atoms with Crippen molar-refractivity contribution < 1.29 is 14.3 Å². The molecular weight excluding hydrogens is 328 g/mol. The van der Waals surface area contributed by atoms with Crippen LogP contribution in [0.25, 0.3) is 10.9 Å². The molecule has 3 aromatic rings. The highest BCUT2D eigenvalue weighted by Gasteiger charge is 2.35. The van der Waals surface area contributed by atoms with Crippen LogP contribution in [0.15, 0.2) is 66.9 Å². The summed E-state index contributed by atoms with van der Waals surface area (Å²) in [6.07, 6.45) is 1.85. The minimum absolute atomic E-state index is 0.0214. The van der Waals surface area contributed by atoms with Crippen molar-refractivity contribution in [2.24, 2.45) is 5.92 Å². The molecule has 2 heterocycles. The highest BCUT2D eigenvalue weighted by atomic mass is 16.5. The molecule has 0 aliphatic carbocycles. The third-order valence-corrected chi connectivity index (χ3v) is 4.57. The van der Waals surface area contributed by atoms with Gasteiger partial charge in [-0.3, -0.25) is 14.6 Å². The zero-order chi connectivity index (χ0) is 17.9. The van der Waals surface area contributed by atoms with Crippen LogP contribution in [0.1, 0.15) is 12.0 Å². The number of carbonyl (C=O) groups excluding carboxylic acids is 2. The molecule has 1 amide bonds.